The zero-order valence-corrected chi connectivity index (χ0v) is 12.1. The van der Waals surface area contributed by atoms with Crippen molar-refractivity contribution in [3.63, 3.8) is 0 Å². The molecule has 0 radical (unpaired) electrons. The van der Waals surface area contributed by atoms with Crippen molar-refractivity contribution in [3.05, 3.63) is 23.8 Å². The zero-order chi connectivity index (χ0) is 15.5. The highest BCUT2D eigenvalue weighted by Gasteiger charge is 2.30. The van der Waals surface area contributed by atoms with E-state index in [0.717, 1.165) is 16.4 Å². The number of benzene rings is 1. The summed E-state index contributed by atoms with van der Waals surface area (Å²) < 4.78 is 52.8. The summed E-state index contributed by atoms with van der Waals surface area (Å²) in [6.07, 6.45) is 0.198. The lowest BCUT2D eigenvalue weighted by Gasteiger charge is -2.26. The van der Waals surface area contributed by atoms with Gasteiger partial charge >= 0.3 is 0 Å². The van der Waals surface area contributed by atoms with Crippen molar-refractivity contribution < 1.29 is 22.3 Å². The summed E-state index contributed by atoms with van der Waals surface area (Å²) in [4.78, 5) is -0.790. The molecule has 8 heteroatoms. The van der Waals surface area contributed by atoms with Gasteiger partial charge in [-0.3, -0.25) is 0 Å². The van der Waals surface area contributed by atoms with Crippen LogP contribution in [-0.4, -0.2) is 37.0 Å². The molecule has 3 N–H and O–H groups in total. The number of aliphatic hydroxyl groups is 1. The first-order valence-electron chi connectivity index (χ1n) is 6.09. The maximum atomic E-state index is 13.7. The summed E-state index contributed by atoms with van der Waals surface area (Å²) in [5, 5.41) is 8.80. The third-order valence-electron chi connectivity index (χ3n) is 2.72. The summed E-state index contributed by atoms with van der Waals surface area (Å²) in [5.41, 5.74) is 5.20. The van der Waals surface area contributed by atoms with Gasteiger partial charge in [0, 0.05) is 24.9 Å². The Morgan fingerprint density at radius 1 is 1.35 bits per heavy atom. The number of anilines is 1. The summed E-state index contributed by atoms with van der Waals surface area (Å²) in [6.45, 7) is 3.02. The number of halogens is 2. The molecule has 0 atom stereocenters. The van der Waals surface area contributed by atoms with Gasteiger partial charge in [-0.2, -0.15) is 4.31 Å². The second-order valence-corrected chi connectivity index (χ2v) is 6.46. The first kappa shape index (κ1) is 16.8. The summed E-state index contributed by atoms with van der Waals surface area (Å²) in [7, 11) is -4.22. The van der Waals surface area contributed by atoms with E-state index in [-0.39, 0.29) is 25.3 Å². The van der Waals surface area contributed by atoms with Gasteiger partial charge in [0.05, 0.1) is 0 Å². The fourth-order valence-corrected chi connectivity index (χ4v) is 3.57. The maximum Gasteiger partial charge on any atom is 0.246 e. The van der Waals surface area contributed by atoms with E-state index in [1.807, 2.05) is 0 Å². The normalized spacial score (nSPS) is 12.3. The van der Waals surface area contributed by atoms with Crippen LogP contribution in [0, 0.1) is 11.6 Å². The van der Waals surface area contributed by atoms with Crippen LogP contribution in [0.2, 0.25) is 0 Å². The molecule has 0 aromatic heterocycles. The molecule has 0 spiro atoms. The molecule has 1 rings (SSSR count). The molecule has 114 valence electrons. The van der Waals surface area contributed by atoms with Gasteiger partial charge in [0.15, 0.2) is 11.6 Å². The number of sulfonamides is 1. The average Bonchev–Trinajstić information content (AvgIpc) is 2.33. The Morgan fingerprint density at radius 3 is 2.45 bits per heavy atom. The molecule has 5 nitrogen and oxygen atoms in total. The Bertz CT molecular complexity index is 576. The molecule has 0 amide bonds. The number of nitrogens with zero attached hydrogens (tertiary/aromatic N) is 1. The lowest BCUT2D eigenvalue weighted by molar-refractivity contribution is 0.258. The monoisotopic (exact) mass is 308 g/mol. The van der Waals surface area contributed by atoms with Crippen LogP contribution < -0.4 is 5.73 Å². The van der Waals surface area contributed by atoms with Crippen molar-refractivity contribution in [2.45, 2.75) is 31.2 Å². The number of nitrogens with two attached hydrogens (primary N) is 1. The SMILES string of the molecule is CC(C)N(CCCO)S(=O)(=O)c1cc(N)cc(F)c1F. The maximum absolute atomic E-state index is 13.7. The van der Waals surface area contributed by atoms with Crippen molar-refractivity contribution in [2.24, 2.45) is 0 Å². The number of hydrogen-bond acceptors (Lipinski definition) is 4. The minimum Gasteiger partial charge on any atom is -0.399 e. The topological polar surface area (TPSA) is 83.6 Å². The highest BCUT2D eigenvalue weighted by Crippen LogP contribution is 2.25. The molecule has 0 aliphatic carbocycles. The van der Waals surface area contributed by atoms with Gasteiger partial charge in [-0.05, 0) is 32.4 Å². The third-order valence-corrected chi connectivity index (χ3v) is 4.79. The molecule has 0 fully saturated rings. The van der Waals surface area contributed by atoms with E-state index in [9.17, 15) is 17.2 Å². The van der Waals surface area contributed by atoms with Crippen molar-refractivity contribution in [2.75, 3.05) is 18.9 Å². The van der Waals surface area contributed by atoms with Gasteiger partial charge < -0.3 is 10.8 Å². The second-order valence-electron chi connectivity index (χ2n) is 4.60. The molecule has 0 bridgehead atoms. The molecule has 0 heterocycles. The van der Waals surface area contributed by atoms with E-state index in [0.29, 0.717) is 0 Å². The van der Waals surface area contributed by atoms with Crippen LogP contribution in [0.25, 0.3) is 0 Å². The first-order valence-corrected chi connectivity index (χ1v) is 7.53. The Balaban J connectivity index is 3.33. The first-order chi connectivity index (χ1) is 9.21. The third kappa shape index (κ3) is 3.44. The van der Waals surface area contributed by atoms with Gasteiger partial charge in [-0.25, -0.2) is 17.2 Å². The molecule has 1 aromatic rings. The van der Waals surface area contributed by atoms with E-state index in [4.69, 9.17) is 10.8 Å². The van der Waals surface area contributed by atoms with Crippen molar-refractivity contribution in [1.82, 2.24) is 4.31 Å². The fourth-order valence-electron chi connectivity index (χ4n) is 1.78. The van der Waals surface area contributed by atoms with Gasteiger partial charge in [-0.1, -0.05) is 0 Å². The largest absolute Gasteiger partial charge is 0.399 e. The van der Waals surface area contributed by atoms with E-state index < -0.39 is 32.6 Å². The minimum atomic E-state index is -4.22. The highest BCUT2D eigenvalue weighted by atomic mass is 32.2. The van der Waals surface area contributed by atoms with Crippen molar-refractivity contribution >= 4 is 15.7 Å². The minimum absolute atomic E-state index is 0.00631. The Morgan fingerprint density at radius 2 is 1.95 bits per heavy atom. The van der Waals surface area contributed by atoms with Crippen LogP contribution in [0.15, 0.2) is 17.0 Å². The Hall–Kier alpha value is -1.25. The van der Waals surface area contributed by atoms with Crippen LogP contribution in [0.4, 0.5) is 14.5 Å². The molecule has 0 unspecified atom stereocenters. The van der Waals surface area contributed by atoms with Crippen LogP contribution >= 0.6 is 0 Å². The van der Waals surface area contributed by atoms with Crippen LogP contribution in [0.3, 0.4) is 0 Å². The standard InChI is InChI=1S/C12H18F2N2O3S/c1-8(2)16(4-3-5-17)20(18,19)11-7-9(15)6-10(13)12(11)14/h6-8,17H,3-5,15H2,1-2H3. The van der Waals surface area contributed by atoms with Gasteiger partial charge in [-0.15, -0.1) is 0 Å². The lowest BCUT2D eigenvalue weighted by Crippen LogP contribution is -2.38. The van der Waals surface area contributed by atoms with Gasteiger partial charge in [0.1, 0.15) is 4.90 Å². The quantitative estimate of drug-likeness (QED) is 0.777. The predicted molar refractivity (Wildman–Crippen MR) is 71.5 cm³/mol. The van der Waals surface area contributed by atoms with Gasteiger partial charge in [0.25, 0.3) is 0 Å². The summed E-state index contributed by atoms with van der Waals surface area (Å²) >= 11 is 0. The molecule has 0 saturated carbocycles. The lowest BCUT2D eigenvalue weighted by atomic mass is 10.3. The molecule has 0 aliphatic rings. The second kappa shape index (κ2) is 6.47. The van der Waals surface area contributed by atoms with Crippen molar-refractivity contribution in [1.29, 1.82) is 0 Å². The number of hydrogen-bond donors (Lipinski definition) is 2. The van der Waals surface area contributed by atoms with E-state index in [1.54, 1.807) is 13.8 Å². The van der Waals surface area contributed by atoms with Gasteiger partial charge in [0.2, 0.25) is 10.0 Å². The predicted octanol–water partition coefficient (Wildman–Crippen LogP) is 1.33. The molecular weight excluding hydrogens is 290 g/mol. The Kier molecular flexibility index (Phi) is 5.43. The molecule has 1 aromatic carbocycles. The van der Waals surface area contributed by atoms with Crippen LogP contribution in [0.1, 0.15) is 20.3 Å². The zero-order valence-electron chi connectivity index (χ0n) is 11.3. The molecular formula is C12H18F2N2O3S. The van der Waals surface area contributed by atoms with Crippen molar-refractivity contribution in [3.8, 4) is 0 Å². The summed E-state index contributed by atoms with van der Waals surface area (Å²) in [6, 6.07) is 1.15. The fraction of sp³-hybridized carbons (Fsp3) is 0.500. The van der Waals surface area contributed by atoms with E-state index in [2.05, 4.69) is 0 Å². The van der Waals surface area contributed by atoms with Crippen LogP contribution in [0.5, 0.6) is 0 Å². The average molecular weight is 308 g/mol. The molecule has 20 heavy (non-hydrogen) atoms. The molecule has 0 saturated heterocycles. The number of rotatable bonds is 6. The number of aliphatic hydroxyl groups excluding tert-OH is 1. The van der Waals surface area contributed by atoms with E-state index in [1.165, 1.54) is 0 Å². The van der Waals surface area contributed by atoms with Crippen LogP contribution in [-0.2, 0) is 10.0 Å². The number of nitrogen functional groups attached to an aromatic ring is 1. The van der Waals surface area contributed by atoms with E-state index >= 15 is 0 Å². The highest BCUT2D eigenvalue weighted by molar-refractivity contribution is 7.89. The molecule has 0 aliphatic heterocycles. The summed E-state index contributed by atoms with van der Waals surface area (Å²) in [5.74, 6) is -2.76. The smallest absolute Gasteiger partial charge is 0.246 e. The Labute approximate surface area is 117 Å².